The number of amides is 1. The van der Waals surface area contributed by atoms with Crippen LogP contribution in [0.25, 0.3) is 0 Å². The molecule has 2 rings (SSSR count). The van der Waals surface area contributed by atoms with Gasteiger partial charge in [-0.2, -0.15) is 5.10 Å². The summed E-state index contributed by atoms with van der Waals surface area (Å²) in [6.45, 7) is 0.783. The van der Waals surface area contributed by atoms with Crippen LogP contribution in [0.1, 0.15) is 23.3 Å². The summed E-state index contributed by atoms with van der Waals surface area (Å²) in [4.78, 5) is 22.7. The normalized spacial score (nSPS) is 17.9. The third kappa shape index (κ3) is 3.64. The third-order valence-electron chi connectivity index (χ3n) is 3.17. The molecule has 9 heteroatoms. The Bertz CT molecular complexity index is 626. The Balaban J connectivity index is 1.91. The molecule has 0 aliphatic carbocycles. The second-order valence-electron chi connectivity index (χ2n) is 4.72. The summed E-state index contributed by atoms with van der Waals surface area (Å²) in [5.74, 6) is -0.376. The molecule has 110 valence electrons. The number of sulfonamides is 1. The Morgan fingerprint density at radius 3 is 2.55 bits per heavy atom. The zero-order valence-electron chi connectivity index (χ0n) is 11.0. The molecule has 0 spiro atoms. The van der Waals surface area contributed by atoms with Crippen LogP contribution in [0.3, 0.4) is 0 Å². The average molecular weight is 300 g/mol. The molecule has 1 aliphatic rings. The number of carbonyl (C=O) groups excluding carboxylic acids is 1. The lowest BCUT2D eigenvalue weighted by molar-refractivity contribution is 0.0917. The van der Waals surface area contributed by atoms with E-state index in [0.29, 0.717) is 25.9 Å². The maximum atomic E-state index is 11.9. The maximum absolute atomic E-state index is 11.9. The zero-order valence-corrected chi connectivity index (χ0v) is 11.8. The van der Waals surface area contributed by atoms with E-state index in [1.54, 1.807) is 0 Å². The highest BCUT2D eigenvalue weighted by Crippen LogP contribution is 2.13. The number of aromatic amines is 1. The first kappa shape index (κ1) is 14.7. The smallest absolute Gasteiger partial charge is 0.271 e. The SMILES string of the molecule is CS(=O)(=O)N1CCC(NC(=O)c2ccc(=O)[nH]n2)CC1. The van der Waals surface area contributed by atoms with E-state index in [0.717, 1.165) is 0 Å². The summed E-state index contributed by atoms with van der Waals surface area (Å²) >= 11 is 0. The average Bonchev–Trinajstić information content (AvgIpc) is 2.39. The number of hydrogen-bond acceptors (Lipinski definition) is 5. The minimum atomic E-state index is -3.17. The lowest BCUT2D eigenvalue weighted by atomic mass is 10.1. The van der Waals surface area contributed by atoms with E-state index in [9.17, 15) is 18.0 Å². The largest absolute Gasteiger partial charge is 0.348 e. The van der Waals surface area contributed by atoms with Crippen molar-refractivity contribution in [2.24, 2.45) is 0 Å². The van der Waals surface area contributed by atoms with E-state index in [2.05, 4.69) is 15.5 Å². The molecular weight excluding hydrogens is 284 g/mol. The molecule has 0 aromatic carbocycles. The number of hydrogen-bond donors (Lipinski definition) is 2. The first-order valence-electron chi connectivity index (χ1n) is 6.18. The summed E-state index contributed by atoms with van der Waals surface area (Å²) in [6.07, 6.45) is 2.29. The third-order valence-corrected chi connectivity index (χ3v) is 4.47. The van der Waals surface area contributed by atoms with Gasteiger partial charge in [0.05, 0.1) is 6.26 Å². The topological polar surface area (TPSA) is 112 Å². The number of H-pyrrole nitrogens is 1. The lowest BCUT2D eigenvalue weighted by Gasteiger charge is -2.30. The molecule has 0 bridgehead atoms. The summed E-state index contributed by atoms with van der Waals surface area (Å²) in [5.41, 5.74) is -0.238. The molecule has 1 aromatic heterocycles. The Morgan fingerprint density at radius 1 is 1.40 bits per heavy atom. The predicted octanol–water partition coefficient (Wildman–Crippen LogP) is -1.08. The van der Waals surface area contributed by atoms with Crippen molar-refractivity contribution in [3.05, 3.63) is 28.2 Å². The summed E-state index contributed by atoms with van der Waals surface area (Å²) in [5, 5.41) is 8.61. The molecule has 1 saturated heterocycles. The minimum absolute atomic E-state index is 0.0887. The lowest BCUT2D eigenvalue weighted by Crippen LogP contribution is -2.46. The van der Waals surface area contributed by atoms with Crippen LogP contribution in [0.2, 0.25) is 0 Å². The van der Waals surface area contributed by atoms with Crippen LogP contribution in [0.15, 0.2) is 16.9 Å². The fourth-order valence-corrected chi connectivity index (χ4v) is 2.94. The quantitative estimate of drug-likeness (QED) is 0.737. The van der Waals surface area contributed by atoms with Gasteiger partial charge in [-0.15, -0.1) is 0 Å². The van der Waals surface area contributed by atoms with Gasteiger partial charge in [0.15, 0.2) is 0 Å². The van der Waals surface area contributed by atoms with E-state index in [4.69, 9.17) is 0 Å². The zero-order chi connectivity index (χ0) is 14.8. The van der Waals surface area contributed by atoms with E-state index in [-0.39, 0.29) is 23.2 Å². The van der Waals surface area contributed by atoms with Crippen LogP contribution < -0.4 is 10.9 Å². The first-order valence-corrected chi connectivity index (χ1v) is 8.03. The van der Waals surface area contributed by atoms with Crippen LogP contribution >= 0.6 is 0 Å². The van der Waals surface area contributed by atoms with Gasteiger partial charge in [0.2, 0.25) is 10.0 Å². The second kappa shape index (κ2) is 5.71. The number of aromatic nitrogens is 2. The molecular formula is C11H16N4O4S. The number of carbonyl (C=O) groups is 1. The molecule has 1 aliphatic heterocycles. The minimum Gasteiger partial charge on any atom is -0.348 e. The fourth-order valence-electron chi connectivity index (χ4n) is 2.06. The van der Waals surface area contributed by atoms with Gasteiger partial charge in [0.1, 0.15) is 5.69 Å². The van der Waals surface area contributed by atoms with Crippen LogP contribution in [-0.2, 0) is 10.0 Å². The highest BCUT2D eigenvalue weighted by atomic mass is 32.2. The van der Waals surface area contributed by atoms with E-state index < -0.39 is 10.0 Å². The van der Waals surface area contributed by atoms with Gasteiger partial charge in [-0.3, -0.25) is 9.59 Å². The van der Waals surface area contributed by atoms with Gasteiger partial charge in [0, 0.05) is 25.2 Å². The van der Waals surface area contributed by atoms with Crippen LogP contribution in [0.4, 0.5) is 0 Å². The van der Waals surface area contributed by atoms with Gasteiger partial charge in [-0.05, 0) is 18.9 Å². The number of rotatable bonds is 3. The van der Waals surface area contributed by atoms with E-state index in [1.165, 1.54) is 22.7 Å². The second-order valence-corrected chi connectivity index (χ2v) is 6.70. The molecule has 0 saturated carbocycles. The number of piperidine rings is 1. The van der Waals surface area contributed by atoms with E-state index in [1.807, 2.05) is 0 Å². The van der Waals surface area contributed by atoms with Crippen molar-refractivity contribution < 1.29 is 13.2 Å². The highest BCUT2D eigenvalue weighted by Gasteiger charge is 2.26. The maximum Gasteiger partial charge on any atom is 0.271 e. The van der Waals surface area contributed by atoms with E-state index >= 15 is 0 Å². The Kier molecular flexibility index (Phi) is 4.19. The Labute approximate surface area is 116 Å². The first-order chi connectivity index (χ1) is 9.36. The molecule has 0 radical (unpaired) electrons. The molecule has 1 aromatic rings. The van der Waals surface area contributed by atoms with Crippen LogP contribution in [-0.4, -0.2) is 54.2 Å². The van der Waals surface area contributed by atoms with Crippen molar-refractivity contribution >= 4 is 15.9 Å². The van der Waals surface area contributed by atoms with Crippen molar-refractivity contribution in [2.75, 3.05) is 19.3 Å². The molecule has 8 nitrogen and oxygen atoms in total. The van der Waals surface area contributed by atoms with Crippen LogP contribution in [0.5, 0.6) is 0 Å². The molecule has 1 amide bonds. The highest BCUT2D eigenvalue weighted by molar-refractivity contribution is 7.88. The molecule has 2 N–H and O–H groups in total. The molecule has 2 heterocycles. The number of nitrogens with zero attached hydrogens (tertiary/aromatic N) is 2. The standard InChI is InChI=1S/C11H16N4O4S/c1-20(18,19)15-6-4-8(5-7-15)12-11(17)9-2-3-10(16)14-13-9/h2-3,8H,4-7H2,1H3,(H,12,17)(H,14,16). The van der Waals surface area contributed by atoms with Crippen molar-refractivity contribution in [3.8, 4) is 0 Å². The monoisotopic (exact) mass is 300 g/mol. The van der Waals surface area contributed by atoms with Crippen molar-refractivity contribution in [3.63, 3.8) is 0 Å². The Morgan fingerprint density at radius 2 is 2.05 bits per heavy atom. The van der Waals surface area contributed by atoms with Gasteiger partial charge in [-0.25, -0.2) is 17.8 Å². The van der Waals surface area contributed by atoms with Crippen molar-refractivity contribution in [2.45, 2.75) is 18.9 Å². The van der Waals surface area contributed by atoms with Crippen molar-refractivity contribution in [1.82, 2.24) is 19.8 Å². The van der Waals surface area contributed by atoms with Crippen molar-refractivity contribution in [1.29, 1.82) is 0 Å². The predicted molar refractivity (Wildman–Crippen MR) is 71.8 cm³/mol. The molecule has 20 heavy (non-hydrogen) atoms. The summed E-state index contributed by atoms with van der Waals surface area (Å²) in [7, 11) is -3.17. The van der Waals surface area contributed by atoms with Gasteiger partial charge in [0.25, 0.3) is 11.5 Å². The number of nitrogens with one attached hydrogen (secondary N) is 2. The summed E-state index contributed by atoms with van der Waals surface area (Å²) < 4.78 is 24.1. The molecule has 0 unspecified atom stereocenters. The van der Waals surface area contributed by atoms with Gasteiger partial charge < -0.3 is 5.32 Å². The van der Waals surface area contributed by atoms with Gasteiger partial charge in [-0.1, -0.05) is 0 Å². The summed E-state index contributed by atoms with van der Waals surface area (Å²) in [6, 6.07) is 2.49. The molecule has 1 fully saturated rings. The Hall–Kier alpha value is -1.74. The molecule has 0 atom stereocenters. The fraction of sp³-hybridized carbons (Fsp3) is 0.545. The van der Waals surface area contributed by atoms with Crippen LogP contribution in [0, 0.1) is 0 Å². The van der Waals surface area contributed by atoms with Gasteiger partial charge >= 0.3 is 0 Å².